The van der Waals surface area contributed by atoms with Crippen molar-refractivity contribution in [2.24, 2.45) is 0 Å². The first-order valence-corrected chi connectivity index (χ1v) is 7.45. The summed E-state index contributed by atoms with van der Waals surface area (Å²) >= 11 is 0. The monoisotopic (exact) mass is 301 g/mol. The molecule has 2 aromatic heterocycles. The van der Waals surface area contributed by atoms with Crippen molar-refractivity contribution in [2.45, 2.75) is 13.8 Å². The van der Waals surface area contributed by atoms with Crippen LogP contribution in [0.1, 0.15) is 11.3 Å². The number of aryl methyl sites for hydroxylation is 2. The average Bonchev–Trinajstić information content (AvgIpc) is 2.92. The molecule has 0 amide bonds. The predicted molar refractivity (Wildman–Crippen MR) is 89.4 cm³/mol. The van der Waals surface area contributed by atoms with Crippen molar-refractivity contribution in [3.63, 3.8) is 0 Å². The highest BCUT2D eigenvalue weighted by Gasteiger charge is 2.14. The van der Waals surface area contributed by atoms with Crippen molar-refractivity contribution >= 4 is 11.2 Å². The van der Waals surface area contributed by atoms with Gasteiger partial charge in [0.15, 0.2) is 5.82 Å². The van der Waals surface area contributed by atoms with Crippen LogP contribution in [-0.2, 0) is 0 Å². The topological polar surface area (TPSA) is 56.5 Å². The van der Waals surface area contributed by atoms with Gasteiger partial charge in [-0.05, 0) is 31.5 Å². The van der Waals surface area contributed by atoms with Gasteiger partial charge in [-0.1, -0.05) is 42.5 Å². The Kier molecular flexibility index (Phi) is 3.12. The van der Waals surface area contributed by atoms with Gasteiger partial charge >= 0.3 is 0 Å². The first-order valence-electron chi connectivity index (χ1n) is 7.45. The number of nitrogens with zero attached hydrogens (tertiary/aromatic N) is 5. The minimum absolute atomic E-state index is 0.616. The van der Waals surface area contributed by atoms with Crippen LogP contribution in [0.2, 0.25) is 0 Å². The second kappa shape index (κ2) is 5.28. The van der Waals surface area contributed by atoms with Crippen LogP contribution in [-0.4, -0.2) is 25.0 Å². The van der Waals surface area contributed by atoms with Crippen LogP contribution in [0.25, 0.3) is 28.2 Å². The molecule has 0 aliphatic rings. The third-order valence-electron chi connectivity index (χ3n) is 3.74. The summed E-state index contributed by atoms with van der Waals surface area (Å²) < 4.78 is 1.80. The maximum absolute atomic E-state index is 4.66. The molecule has 23 heavy (non-hydrogen) atoms. The van der Waals surface area contributed by atoms with E-state index in [9.17, 15) is 0 Å². The molecule has 0 aliphatic carbocycles. The molecule has 4 aromatic rings. The fraction of sp³-hybridized carbons (Fsp3) is 0.111. The SMILES string of the molecule is Cc1cccc(-n2nc(C)c3nc(-c4ccccc4)nnc32)c1. The average molecular weight is 301 g/mol. The predicted octanol–water partition coefficient (Wildman–Crippen LogP) is 3.49. The van der Waals surface area contributed by atoms with Crippen molar-refractivity contribution in [1.82, 2.24) is 25.0 Å². The van der Waals surface area contributed by atoms with Crippen molar-refractivity contribution < 1.29 is 0 Å². The highest BCUT2D eigenvalue weighted by atomic mass is 15.3. The van der Waals surface area contributed by atoms with Gasteiger partial charge in [0.05, 0.1) is 11.4 Å². The largest absolute Gasteiger partial charge is 0.221 e. The van der Waals surface area contributed by atoms with E-state index in [4.69, 9.17) is 0 Å². The number of aromatic nitrogens is 5. The lowest BCUT2D eigenvalue weighted by atomic mass is 10.2. The molecule has 0 unspecified atom stereocenters. The number of fused-ring (bicyclic) bond motifs is 1. The summed E-state index contributed by atoms with van der Waals surface area (Å²) in [4.78, 5) is 4.66. The van der Waals surface area contributed by atoms with Crippen molar-refractivity contribution in [2.75, 3.05) is 0 Å². The summed E-state index contributed by atoms with van der Waals surface area (Å²) in [6.45, 7) is 4.00. The van der Waals surface area contributed by atoms with Crippen LogP contribution in [0.5, 0.6) is 0 Å². The zero-order valence-electron chi connectivity index (χ0n) is 12.9. The molecule has 5 nitrogen and oxygen atoms in total. The van der Waals surface area contributed by atoms with Crippen LogP contribution < -0.4 is 0 Å². The van der Waals surface area contributed by atoms with Crippen LogP contribution >= 0.6 is 0 Å². The van der Waals surface area contributed by atoms with E-state index in [1.54, 1.807) is 4.68 Å². The molecule has 0 saturated heterocycles. The molecule has 0 saturated carbocycles. The van der Waals surface area contributed by atoms with Crippen molar-refractivity contribution in [3.8, 4) is 17.1 Å². The normalized spacial score (nSPS) is 11.0. The molecule has 2 heterocycles. The van der Waals surface area contributed by atoms with Crippen LogP contribution in [0.15, 0.2) is 54.6 Å². The molecule has 0 atom stereocenters. The van der Waals surface area contributed by atoms with Gasteiger partial charge in [0.1, 0.15) is 5.52 Å². The fourth-order valence-electron chi connectivity index (χ4n) is 2.60. The summed E-state index contributed by atoms with van der Waals surface area (Å²) in [5, 5.41) is 13.2. The molecular weight excluding hydrogens is 286 g/mol. The number of hydrogen-bond acceptors (Lipinski definition) is 4. The maximum atomic E-state index is 4.66. The number of hydrogen-bond donors (Lipinski definition) is 0. The minimum atomic E-state index is 0.616. The van der Waals surface area contributed by atoms with E-state index in [0.717, 1.165) is 22.5 Å². The second-order valence-corrected chi connectivity index (χ2v) is 5.51. The summed E-state index contributed by atoms with van der Waals surface area (Å²) in [6.07, 6.45) is 0. The Morgan fingerprint density at radius 1 is 0.870 bits per heavy atom. The van der Waals surface area contributed by atoms with E-state index in [1.807, 2.05) is 49.4 Å². The summed E-state index contributed by atoms with van der Waals surface area (Å²) in [5.74, 6) is 0.616. The highest BCUT2D eigenvalue weighted by molar-refractivity contribution is 5.76. The van der Waals surface area contributed by atoms with E-state index in [1.165, 1.54) is 5.56 Å². The zero-order valence-corrected chi connectivity index (χ0v) is 12.9. The van der Waals surface area contributed by atoms with E-state index in [-0.39, 0.29) is 0 Å². The molecule has 0 aliphatic heterocycles. The standard InChI is InChI=1S/C18H15N5/c1-12-7-6-10-15(11-12)23-18-16(13(2)22-23)19-17(20-21-18)14-8-4-3-5-9-14/h3-11H,1-2H3. The Morgan fingerprint density at radius 2 is 1.70 bits per heavy atom. The minimum Gasteiger partial charge on any atom is -0.221 e. The third kappa shape index (κ3) is 2.36. The molecule has 4 rings (SSSR count). The lowest BCUT2D eigenvalue weighted by Gasteiger charge is -2.03. The first-order chi connectivity index (χ1) is 11.2. The Labute approximate surface area is 133 Å². The van der Waals surface area contributed by atoms with Gasteiger partial charge in [-0.3, -0.25) is 0 Å². The molecule has 112 valence electrons. The zero-order chi connectivity index (χ0) is 15.8. The van der Waals surface area contributed by atoms with Gasteiger partial charge in [0.2, 0.25) is 5.65 Å². The quantitative estimate of drug-likeness (QED) is 0.568. The molecular formula is C18H15N5. The van der Waals surface area contributed by atoms with E-state index in [0.29, 0.717) is 11.5 Å². The highest BCUT2D eigenvalue weighted by Crippen LogP contribution is 2.21. The van der Waals surface area contributed by atoms with Gasteiger partial charge in [0, 0.05) is 5.56 Å². The van der Waals surface area contributed by atoms with Crippen molar-refractivity contribution in [1.29, 1.82) is 0 Å². The van der Waals surface area contributed by atoms with E-state index in [2.05, 4.69) is 39.3 Å². The van der Waals surface area contributed by atoms with Gasteiger partial charge < -0.3 is 0 Å². The van der Waals surface area contributed by atoms with Crippen LogP contribution in [0.4, 0.5) is 0 Å². The lowest BCUT2D eigenvalue weighted by molar-refractivity contribution is 0.862. The Morgan fingerprint density at radius 3 is 2.48 bits per heavy atom. The van der Waals surface area contributed by atoms with Crippen LogP contribution in [0.3, 0.4) is 0 Å². The fourth-order valence-corrected chi connectivity index (χ4v) is 2.60. The van der Waals surface area contributed by atoms with Gasteiger partial charge in [-0.25, -0.2) is 9.67 Å². The van der Waals surface area contributed by atoms with Gasteiger partial charge in [-0.2, -0.15) is 5.10 Å². The Bertz CT molecular complexity index is 989. The molecule has 0 radical (unpaired) electrons. The molecule has 2 aromatic carbocycles. The van der Waals surface area contributed by atoms with E-state index < -0.39 is 0 Å². The Balaban J connectivity index is 1.90. The maximum Gasteiger partial charge on any atom is 0.204 e. The molecule has 0 fully saturated rings. The van der Waals surface area contributed by atoms with Crippen LogP contribution in [0, 0.1) is 13.8 Å². The Hall–Kier alpha value is -3.08. The second-order valence-electron chi connectivity index (χ2n) is 5.51. The summed E-state index contributed by atoms with van der Waals surface area (Å²) in [5.41, 5.74) is 5.38. The smallest absolute Gasteiger partial charge is 0.204 e. The molecule has 0 spiro atoms. The third-order valence-corrected chi connectivity index (χ3v) is 3.74. The van der Waals surface area contributed by atoms with Gasteiger partial charge in [-0.15, -0.1) is 10.2 Å². The summed E-state index contributed by atoms with van der Waals surface area (Å²) in [6, 6.07) is 18.0. The van der Waals surface area contributed by atoms with Gasteiger partial charge in [0.25, 0.3) is 0 Å². The first kappa shape index (κ1) is 13.6. The molecule has 5 heteroatoms. The number of rotatable bonds is 2. The molecule has 0 bridgehead atoms. The number of benzene rings is 2. The van der Waals surface area contributed by atoms with E-state index >= 15 is 0 Å². The lowest BCUT2D eigenvalue weighted by Crippen LogP contribution is -2.00. The van der Waals surface area contributed by atoms with Crippen molar-refractivity contribution in [3.05, 3.63) is 65.9 Å². The summed E-state index contributed by atoms with van der Waals surface area (Å²) in [7, 11) is 0. The molecule has 0 N–H and O–H groups in total.